The second-order valence-electron chi connectivity index (χ2n) is 5.92. The molecule has 112 valence electrons. The molecule has 20 heavy (non-hydrogen) atoms. The number of benzene rings is 1. The van der Waals surface area contributed by atoms with Crippen molar-refractivity contribution in [1.29, 1.82) is 0 Å². The minimum absolute atomic E-state index is 0.00760. The van der Waals surface area contributed by atoms with Crippen molar-refractivity contribution in [2.75, 3.05) is 23.4 Å². The smallest absolute Gasteiger partial charge is 0.124 e. The van der Waals surface area contributed by atoms with E-state index in [-0.39, 0.29) is 6.61 Å². The number of anilines is 1. The maximum Gasteiger partial charge on any atom is 0.124 e. The zero-order chi connectivity index (χ0) is 14.6. The predicted octanol–water partition coefficient (Wildman–Crippen LogP) is 3.52. The summed E-state index contributed by atoms with van der Waals surface area (Å²) in [5.74, 6) is 3.16. The molecule has 0 aromatic heterocycles. The summed E-state index contributed by atoms with van der Waals surface area (Å²) in [4.78, 5) is 0. The second kappa shape index (κ2) is 6.72. The van der Waals surface area contributed by atoms with Crippen LogP contribution >= 0.6 is 11.8 Å². The SMILES string of the molecule is CCOc1ccc(NC2CSCCC2(C)C)cc1CO. The number of hydrogen-bond donors (Lipinski definition) is 2. The molecule has 1 fully saturated rings. The summed E-state index contributed by atoms with van der Waals surface area (Å²) >= 11 is 2.01. The van der Waals surface area contributed by atoms with Gasteiger partial charge in [0.15, 0.2) is 0 Å². The Labute approximate surface area is 126 Å². The summed E-state index contributed by atoms with van der Waals surface area (Å²) < 4.78 is 5.52. The van der Waals surface area contributed by atoms with Gasteiger partial charge in [0.05, 0.1) is 13.2 Å². The first kappa shape index (κ1) is 15.5. The molecule has 1 aliphatic heterocycles. The molecule has 2 rings (SSSR count). The molecular formula is C16H25NO2S. The highest BCUT2D eigenvalue weighted by atomic mass is 32.2. The maximum absolute atomic E-state index is 9.47. The Morgan fingerprint density at radius 3 is 2.90 bits per heavy atom. The van der Waals surface area contributed by atoms with Crippen LogP contribution in [0.2, 0.25) is 0 Å². The van der Waals surface area contributed by atoms with Crippen LogP contribution < -0.4 is 10.1 Å². The van der Waals surface area contributed by atoms with Crippen LogP contribution in [0.5, 0.6) is 5.75 Å². The van der Waals surface area contributed by atoms with Crippen molar-refractivity contribution in [1.82, 2.24) is 0 Å². The first-order chi connectivity index (χ1) is 9.56. The van der Waals surface area contributed by atoms with E-state index in [4.69, 9.17) is 4.74 Å². The number of hydrogen-bond acceptors (Lipinski definition) is 4. The van der Waals surface area contributed by atoms with Crippen LogP contribution in [0.25, 0.3) is 0 Å². The quantitative estimate of drug-likeness (QED) is 0.872. The number of thioether (sulfide) groups is 1. The summed E-state index contributed by atoms with van der Waals surface area (Å²) in [5.41, 5.74) is 2.22. The molecule has 0 saturated carbocycles. The molecule has 0 radical (unpaired) electrons. The molecule has 1 saturated heterocycles. The molecule has 0 bridgehead atoms. The fourth-order valence-corrected chi connectivity index (χ4v) is 4.07. The van der Waals surface area contributed by atoms with Crippen molar-refractivity contribution in [3.63, 3.8) is 0 Å². The fourth-order valence-electron chi connectivity index (χ4n) is 2.46. The van der Waals surface area contributed by atoms with Gasteiger partial charge < -0.3 is 15.2 Å². The molecule has 1 aliphatic rings. The lowest BCUT2D eigenvalue weighted by molar-refractivity contribution is 0.267. The third kappa shape index (κ3) is 3.61. The van der Waals surface area contributed by atoms with Gasteiger partial charge in [0.2, 0.25) is 0 Å². The van der Waals surface area contributed by atoms with Gasteiger partial charge >= 0.3 is 0 Å². The number of ether oxygens (including phenoxy) is 1. The van der Waals surface area contributed by atoms with Gasteiger partial charge in [-0.1, -0.05) is 13.8 Å². The minimum Gasteiger partial charge on any atom is -0.494 e. The van der Waals surface area contributed by atoms with E-state index in [1.165, 1.54) is 12.2 Å². The Balaban J connectivity index is 2.13. The van der Waals surface area contributed by atoms with Crippen LogP contribution in [0.3, 0.4) is 0 Å². The second-order valence-corrected chi connectivity index (χ2v) is 7.07. The minimum atomic E-state index is 0.00760. The lowest BCUT2D eigenvalue weighted by atomic mass is 9.82. The molecular weight excluding hydrogens is 270 g/mol. The normalized spacial score (nSPS) is 21.5. The molecule has 0 aliphatic carbocycles. The number of nitrogens with one attached hydrogen (secondary N) is 1. The fraction of sp³-hybridized carbons (Fsp3) is 0.625. The number of aliphatic hydroxyl groups excluding tert-OH is 1. The molecule has 3 nitrogen and oxygen atoms in total. The van der Waals surface area contributed by atoms with Gasteiger partial charge in [-0.05, 0) is 42.7 Å². The highest BCUT2D eigenvalue weighted by Crippen LogP contribution is 2.36. The van der Waals surface area contributed by atoms with Gasteiger partial charge in [0.1, 0.15) is 5.75 Å². The summed E-state index contributed by atoms with van der Waals surface area (Å²) in [6, 6.07) is 6.45. The number of aliphatic hydroxyl groups is 1. The molecule has 0 spiro atoms. The molecule has 1 heterocycles. The molecule has 1 atom stereocenters. The average molecular weight is 295 g/mol. The molecule has 2 N–H and O–H groups in total. The van der Waals surface area contributed by atoms with Gasteiger partial charge in [-0.15, -0.1) is 0 Å². The van der Waals surface area contributed by atoms with E-state index >= 15 is 0 Å². The summed E-state index contributed by atoms with van der Waals surface area (Å²) in [6.07, 6.45) is 1.24. The molecule has 1 aromatic carbocycles. The van der Waals surface area contributed by atoms with Crippen LogP contribution in [0.4, 0.5) is 5.69 Å². The molecule has 4 heteroatoms. The van der Waals surface area contributed by atoms with Crippen molar-refractivity contribution in [3.05, 3.63) is 23.8 Å². The topological polar surface area (TPSA) is 41.5 Å². The predicted molar refractivity (Wildman–Crippen MR) is 86.7 cm³/mol. The largest absolute Gasteiger partial charge is 0.494 e. The highest BCUT2D eigenvalue weighted by Gasteiger charge is 2.32. The van der Waals surface area contributed by atoms with E-state index in [9.17, 15) is 5.11 Å². The first-order valence-electron chi connectivity index (χ1n) is 7.27. The highest BCUT2D eigenvalue weighted by molar-refractivity contribution is 7.99. The standard InChI is InChI=1S/C16H25NO2S/c1-4-19-14-6-5-13(9-12(14)10-18)17-15-11-20-8-7-16(15,2)3/h5-6,9,15,17-18H,4,7-8,10-11H2,1-3H3. The van der Waals surface area contributed by atoms with Crippen LogP contribution in [-0.4, -0.2) is 29.3 Å². The summed E-state index contributed by atoms with van der Waals surface area (Å²) in [7, 11) is 0. The summed E-state index contributed by atoms with van der Waals surface area (Å²) in [5, 5.41) is 13.1. The Kier molecular flexibility index (Phi) is 5.22. The molecule has 1 unspecified atom stereocenters. The van der Waals surface area contributed by atoms with Crippen molar-refractivity contribution in [3.8, 4) is 5.75 Å². The zero-order valence-electron chi connectivity index (χ0n) is 12.6. The third-order valence-electron chi connectivity index (χ3n) is 3.99. The van der Waals surface area contributed by atoms with Crippen molar-refractivity contribution in [2.45, 2.75) is 39.8 Å². The van der Waals surface area contributed by atoms with Crippen LogP contribution in [0.1, 0.15) is 32.8 Å². The summed E-state index contributed by atoms with van der Waals surface area (Å²) in [6.45, 7) is 7.23. The lowest BCUT2D eigenvalue weighted by Crippen LogP contribution is -2.41. The van der Waals surface area contributed by atoms with Crippen molar-refractivity contribution < 1.29 is 9.84 Å². The van der Waals surface area contributed by atoms with Crippen LogP contribution in [0, 0.1) is 5.41 Å². The van der Waals surface area contributed by atoms with E-state index < -0.39 is 0 Å². The van der Waals surface area contributed by atoms with Gasteiger partial charge in [-0.25, -0.2) is 0 Å². The Morgan fingerprint density at radius 1 is 1.45 bits per heavy atom. The van der Waals surface area contributed by atoms with E-state index in [0.717, 1.165) is 22.8 Å². The van der Waals surface area contributed by atoms with Gasteiger partial charge in [0.25, 0.3) is 0 Å². The Hall–Kier alpha value is -0.870. The van der Waals surface area contributed by atoms with Crippen molar-refractivity contribution in [2.24, 2.45) is 5.41 Å². The van der Waals surface area contributed by atoms with Gasteiger partial charge in [0, 0.05) is 23.0 Å². The number of rotatable bonds is 5. The Bertz CT molecular complexity index is 448. The van der Waals surface area contributed by atoms with Gasteiger partial charge in [-0.2, -0.15) is 11.8 Å². The van der Waals surface area contributed by atoms with Crippen molar-refractivity contribution >= 4 is 17.4 Å². The van der Waals surface area contributed by atoms with Crippen LogP contribution in [0.15, 0.2) is 18.2 Å². The van der Waals surface area contributed by atoms with E-state index in [1.807, 2.05) is 36.9 Å². The zero-order valence-corrected chi connectivity index (χ0v) is 13.4. The van der Waals surface area contributed by atoms with E-state index in [1.54, 1.807) is 0 Å². The van der Waals surface area contributed by atoms with E-state index in [0.29, 0.717) is 18.1 Å². The van der Waals surface area contributed by atoms with Crippen LogP contribution in [-0.2, 0) is 6.61 Å². The maximum atomic E-state index is 9.47. The lowest BCUT2D eigenvalue weighted by Gasteiger charge is -2.39. The first-order valence-corrected chi connectivity index (χ1v) is 8.43. The molecule has 1 aromatic rings. The van der Waals surface area contributed by atoms with Gasteiger partial charge in [-0.3, -0.25) is 0 Å². The molecule has 0 amide bonds. The Morgan fingerprint density at radius 2 is 2.25 bits per heavy atom. The van der Waals surface area contributed by atoms with E-state index in [2.05, 4.69) is 19.2 Å². The average Bonchev–Trinajstić information content (AvgIpc) is 2.43. The monoisotopic (exact) mass is 295 g/mol. The third-order valence-corrected chi connectivity index (χ3v) is 5.05.